The van der Waals surface area contributed by atoms with Crippen LogP contribution >= 0.6 is 11.3 Å². The smallest absolute Gasteiger partial charge is 0.257 e. The Morgan fingerprint density at radius 1 is 1.03 bits per heavy atom. The average molecular weight is 477 g/mol. The molecule has 2 aromatic heterocycles. The van der Waals surface area contributed by atoms with Crippen LogP contribution in [0.1, 0.15) is 21.8 Å². The van der Waals surface area contributed by atoms with Crippen LogP contribution in [0, 0.1) is 0 Å². The number of nitrogens with one attached hydrogen (secondary N) is 1. The molecule has 0 saturated carbocycles. The van der Waals surface area contributed by atoms with Crippen molar-refractivity contribution >= 4 is 28.7 Å². The Morgan fingerprint density at radius 3 is 2.59 bits per heavy atom. The van der Waals surface area contributed by atoms with Crippen LogP contribution in [0.2, 0.25) is 0 Å². The second kappa shape index (κ2) is 11.5. The lowest BCUT2D eigenvalue weighted by atomic mass is 10.0. The maximum absolute atomic E-state index is 12.9. The molecular formula is C25H24N4O4S. The van der Waals surface area contributed by atoms with Crippen LogP contribution in [0.25, 0.3) is 10.8 Å². The third-order valence-electron chi connectivity index (χ3n) is 5.02. The molecule has 8 nitrogen and oxygen atoms in total. The zero-order chi connectivity index (χ0) is 23.8. The third-order valence-corrected chi connectivity index (χ3v) is 5.88. The Morgan fingerprint density at radius 2 is 1.82 bits per heavy atom. The lowest BCUT2D eigenvalue weighted by Crippen LogP contribution is -2.35. The van der Waals surface area contributed by atoms with Crippen molar-refractivity contribution in [1.82, 2.24) is 15.1 Å². The van der Waals surface area contributed by atoms with Gasteiger partial charge in [-0.25, -0.2) is 0 Å². The molecule has 0 aliphatic rings. The van der Waals surface area contributed by atoms with Gasteiger partial charge in [0.25, 0.3) is 5.89 Å². The molecule has 2 heterocycles. The first-order valence-corrected chi connectivity index (χ1v) is 11.6. The summed E-state index contributed by atoms with van der Waals surface area (Å²) in [4.78, 5) is 28.6. The van der Waals surface area contributed by atoms with Crippen LogP contribution < -0.4 is 5.32 Å². The number of hydrogen-bond donors (Lipinski definition) is 1. The second-order valence-electron chi connectivity index (χ2n) is 7.47. The van der Waals surface area contributed by atoms with E-state index < -0.39 is 0 Å². The van der Waals surface area contributed by atoms with Gasteiger partial charge in [0.05, 0.1) is 30.3 Å². The fraction of sp³-hybridized carbons (Fsp3) is 0.200. The number of amides is 1. The standard InChI is InChI=1S/C25H24N4O4S/c1-32-14-13-29(17-23-27-28-25(33-23)21-12-7-15-34-21)16-22(30)26-20-11-6-5-10-19(20)24(31)18-8-3-2-4-9-18/h2-12,15H,13-14,16-17H2,1H3,(H,26,30). The van der Waals surface area contributed by atoms with Gasteiger partial charge in [0, 0.05) is 24.8 Å². The molecular weight excluding hydrogens is 452 g/mol. The summed E-state index contributed by atoms with van der Waals surface area (Å²) in [5.74, 6) is 0.448. The molecule has 0 bridgehead atoms. The Balaban J connectivity index is 1.44. The zero-order valence-electron chi connectivity index (χ0n) is 18.6. The van der Waals surface area contributed by atoms with Gasteiger partial charge in [-0.3, -0.25) is 14.5 Å². The van der Waals surface area contributed by atoms with E-state index in [0.717, 1.165) is 4.88 Å². The van der Waals surface area contributed by atoms with Crippen molar-refractivity contribution in [2.24, 2.45) is 0 Å². The Labute approximate surface area is 201 Å². The van der Waals surface area contributed by atoms with Crippen molar-refractivity contribution in [2.45, 2.75) is 6.54 Å². The molecule has 4 aromatic rings. The van der Waals surface area contributed by atoms with Crippen molar-refractivity contribution in [3.63, 3.8) is 0 Å². The van der Waals surface area contributed by atoms with Crippen molar-refractivity contribution < 1.29 is 18.7 Å². The fourth-order valence-electron chi connectivity index (χ4n) is 3.37. The molecule has 2 aromatic carbocycles. The highest BCUT2D eigenvalue weighted by atomic mass is 32.1. The van der Waals surface area contributed by atoms with Gasteiger partial charge in [0.1, 0.15) is 0 Å². The second-order valence-corrected chi connectivity index (χ2v) is 8.42. The van der Waals surface area contributed by atoms with Gasteiger partial charge in [0.15, 0.2) is 5.78 Å². The minimum atomic E-state index is -0.262. The van der Waals surface area contributed by atoms with E-state index >= 15 is 0 Å². The first kappa shape index (κ1) is 23.5. The SMILES string of the molecule is COCCN(CC(=O)Nc1ccccc1C(=O)c1ccccc1)Cc1nnc(-c2cccs2)o1. The van der Waals surface area contributed by atoms with Gasteiger partial charge in [-0.2, -0.15) is 0 Å². The normalized spacial score (nSPS) is 11.0. The molecule has 0 aliphatic carbocycles. The van der Waals surface area contributed by atoms with Crippen molar-refractivity contribution in [1.29, 1.82) is 0 Å². The number of ether oxygens (including phenoxy) is 1. The molecule has 4 rings (SSSR count). The van der Waals surface area contributed by atoms with E-state index in [2.05, 4.69) is 15.5 Å². The summed E-state index contributed by atoms with van der Waals surface area (Å²) in [6.07, 6.45) is 0. The number of thiophene rings is 1. The molecule has 0 unspecified atom stereocenters. The van der Waals surface area contributed by atoms with E-state index in [9.17, 15) is 9.59 Å². The largest absolute Gasteiger partial charge is 0.419 e. The highest BCUT2D eigenvalue weighted by Crippen LogP contribution is 2.23. The molecule has 0 fully saturated rings. The maximum atomic E-state index is 12.9. The number of rotatable bonds is 11. The van der Waals surface area contributed by atoms with Crippen LogP contribution in [-0.4, -0.2) is 53.6 Å². The number of methoxy groups -OCH3 is 1. The predicted octanol–water partition coefficient (Wildman–Crippen LogP) is 4.12. The molecule has 0 aliphatic heterocycles. The van der Waals surface area contributed by atoms with Crippen molar-refractivity contribution in [3.8, 4) is 10.8 Å². The Bertz CT molecular complexity index is 1220. The van der Waals surface area contributed by atoms with E-state index in [1.54, 1.807) is 43.5 Å². The Kier molecular flexibility index (Phi) is 7.92. The number of carbonyl (C=O) groups is 2. The van der Waals surface area contributed by atoms with Crippen molar-refractivity contribution in [2.75, 3.05) is 32.1 Å². The summed E-state index contributed by atoms with van der Waals surface area (Å²) in [5.41, 5.74) is 1.46. The highest BCUT2D eigenvalue weighted by Gasteiger charge is 2.19. The lowest BCUT2D eigenvalue weighted by molar-refractivity contribution is -0.117. The van der Waals surface area contributed by atoms with Crippen molar-refractivity contribution in [3.05, 3.63) is 89.1 Å². The van der Waals surface area contributed by atoms with E-state index in [-0.39, 0.29) is 18.2 Å². The number of anilines is 1. The van der Waals surface area contributed by atoms with E-state index in [0.29, 0.717) is 48.3 Å². The van der Waals surface area contributed by atoms with Crippen LogP contribution in [0.15, 0.2) is 76.5 Å². The van der Waals surface area contributed by atoms with Gasteiger partial charge in [-0.1, -0.05) is 48.5 Å². The Hall–Kier alpha value is -3.66. The average Bonchev–Trinajstić information content (AvgIpc) is 3.55. The topological polar surface area (TPSA) is 97.6 Å². The number of carbonyl (C=O) groups excluding carboxylic acids is 2. The number of hydrogen-bond acceptors (Lipinski definition) is 8. The maximum Gasteiger partial charge on any atom is 0.257 e. The van der Waals surface area contributed by atoms with Gasteiger partial charge >= 0.3 is 0 Å². The van der Waals surface area contributed by atoms with E-state index in [1.807, 2.05) is 40.6 Å². The summed E-state index contributed by atoms with van der Waals surface area (Å²) in [6, 6.07) is 19.8. The summed E-state index contributed by atoms with van der Waals surface area (Å²) in [5, 5.41) is 13.0. The minimum Gasteiger partial charge on any atom is -0.419 e. The van der Waals surface area contributed by atoms with E-state index in [1.165, 1.54) is 11.3 Å². The predicted molar refractivity (Wildman–Crippen MR) is 130 cm³/mol. The fourth-order valence-corrected chi connectivity index (χ4v) is 4.02. The van der Waals surface area contributed by atoms with Crippen LogP contribution in [0.5, 0.6) is 0 Å². The van der Waals surface area contributed by atoms with Gasteiger partial charge < -0.3 is 14.5 Å². The number of ketones is 1. The minimum absolute atomic E-state index is 0.0634. The monoisotopic (exact) mass is 476 g/mol. The molecule has 0 saturated heterocycles. The van der Waals surface area contributed by atoms with Crippen LogP contribution in [-0.2, 0) is 16.1 Å². The summed E-state index contributed by atoms with van der Waals surface area (Å²) >= 11 is 1.51. The quantitative estimate of drug-likeness (QED) is 0.325. The summed E-state index contributed by atoms with van der Waals surface area (Å²) in [7, 11) is 1.60. The molecule has 0 spiro atoms. The molecule has 174 valence electrons. The van der Waals surface area contributed by atoms with E-state index in [4.69, 9.17) is 9.15 Å². The first-order chi connectivity index (χ1) is 16.6. The number of para-hydroxylation sites is 1. The third kappa shape index (κ3) is 6.02. The highest BCUT2D eigenvalue weighted by molar-refractivity contribution is 7.13. The lowest BCUT2D eigenvalue weighted by Gasteiger charge is -2.20. The number of nitrogens with zero attached hydrogens (tertiary/aromatic N) is 3. The van der Waals surface area contributed by atoms with Gasteiger partial charge in [-0.05, 0) is 23.6 Å². The molecule has 0 radical (unpaired) electrons. The van der Waals surface area contributed by atoms with Crippen LogP contribution in [0.4, 0.5) is 5.69 Å². The summed E-state index contributed by atoms with van der Waals surface area (Å²) in [6.45, 7) is 1.28. The molecule has 0 atom stereocenters. The molecule has 1 N–H and O–H groups in total. The summed E-state index contributed by atoms with van der Waals surface area (Å²) < 4.78 is 11.0. The number of aromatic nitrogens is 2. The molecule has 34 heavy (non-hydrogen) atoms. The van der Waals surface area contributed by atoms with Crippen LogP contribution in [0.3, 0.4) is 0 Å². The van der Waals surface area contributed by atoms with Gasteiger partial charge in [0.2, 0.25) is 11.8 Å². The number of benzene rings is 2. The first-order valence-electron chi connectivity index (χ1n) is 10.7. The zero-order valence-corrected chi connectivity index (χ0v) is 19.5. The van der Waals surface area contributed by atoms with Gasteiger partial charge in [-0.15, -0.1) is 21.5 Å². The molecule has 1 amide bonds. The molecule has 9 heteroatoms.